The van der Waals surface area contributed by atoms with Gasteiger partial charge in [-0.1, -0.05) is 30.3 Å². The Balaban J connectivity index is 1.61. The Morgan fingerprint density at radius 3 is 1.97 bits per heavy atom. The highest BCUT2D eigenvalue weighted by molar-refractivity contribution is 5.97. The van der Waals surface area contributed by atoms with Crippen LogP contribution >= 0.6 is 0 Å². The predicted octanol–water partition coefficient (Wildman–Crippen LogP) is 6.15. The fraction of sp³-hybridized carbons (Fsp3) is 0.308. The van der Waals surface area contributed by atoms with Crippen LogP contribution in [0.3, 0.4) is 0 Å². The van der Waals surface area contributed by atoms with Crippen LogP contribution in [0.5, 0.6) is 0 Å². The summed E-state index contributed by atoms with van der Waals surface area (Å²) >= 11 is 0. The maximum atomic E-state index is 13.3. The van der Waals surface area contributed by atoms with Gasteiger partial charge in [-0.2, -0.15) is 26.3 Å². The van der Waals surface area contributed by atoms with Crippen molar-refractivity contribution in [2.75, 3.05) is 6.54 Å². The molecule has 1 aliphatic carbocycles. The van der Waals surface area contributed by atoms with E-state index in [9.17, 15) is 35.9 Å². The van der Waals surface area contributed by atoms with Gasteiger partial charge in [0.15, 0.2) is 0 Å². The molecule has 4 rings (SSSR count). The number of hydrogen-bond donors (Lipinski definition) is 0. The van der Waals surface area contributed by atoms with Gasteiger partial charge in [0.25, 0.3) is 5.91 Å². The van der Waals surface area contributed by atoms with Gasteiger partial charge in [0.2, 0.25) is 5.91 Å². The molecule has 3 aromatic rings. The van der Waals surface area contributed by atoms with E-state index >= 15 is 0 Å². The fourth-order valence-corrected chi connectivity index (χ4v) is 3.87. The van der Waals surface area contributed by atoms with E-state index in [2.05, 4.69) is 0 Å². The molecule has 2 aromatic carbocycles. The van der Waals surface area contributed by atoms with Crippen molar-refractivity contribution in [1.82, 2.24) is 9.80 Å². The zero-order valence-electron chi connectivity index (χ0n) is 19.4. The maximum absolute atomic E-state index is 13.3. The Labute approximate surface area is 208 Å². The smallest absolute Gasteiger partial charge is 0.416 e. The summed E-state index contributed by atoms with van der Waals surface area (Å²) in [5, 5.41) is 0. The largest absolute Gasteiger partial charge is 0.467 e. The molecule has 37 heavy (non-hydrogen) atoms. The zero-order valence-corrected chi connectivity index (χ0v) is 19.4. The number of amides is 2. The van der Waals surface area contributed by atoms with Gasteiger partial charge in [0.05, 0.1) is 23.9 Å². The zero-order chi connectivity index (χ0) is 26.8. The minimum Gasteiger partial charge on any atom is -0.467 e. The van der Waals surface area contributed by atoms with Gasteiger partial charge in [-0.15, -0.1) is 0 Å². The highest BCUT2D eigenvalue weighted by Gasteiger charge is 2.40. The minimum absolute atomic E-state index is 0.0334. The second kappa shape index (κ2) is 10.3. The van der Waals surface area contributed by atoms with Crippen molar-refractivity contribution >= 4 is 11.8 Å². The van der Waals surface area contributed by atoms with E-state index in [0.29, 0.717) is 30.7 Å². The van der Waals surface area contributed by atoms with E-state index < -0.39 is 53.4 Å². The van der Waals surface area contributed by atoms with Crippen LogP contribution in [0, 0.1) is 0 Å². The van der Waals surface area contributed by atoms with Gasteiger partial charge in [-0.05, 0) is 48.7 Å². The van der Waals surface area contributed by atoms with E-state index in [1.54, 1.807) is 42.5 Å². The van der Waals surface area contributed by atoms with Crippen LogP contribution in [0.4, 0.5) is 26.3 Å². The molecule has 1 fully saturated rings. The summed E-state index contributed by atoms with van der Waals surface area (Å²) in [6.07, 6.45) is -7.77. The molecule has 196 valence electrons. The molecule has 0 saturated heterocycles. The number of rotatable bonds is 8. The van der Waals surface area contributed by atoms with Gasteiger partial charge in [-0.25, -0.2) is 0 Å². The maximum Gasteiger partial charge on any atom is 0.416 e. The summed E-state index contributed by atoms with van der Waals surface area (Å²) in [7, 11) is 0. The van der Waals surface area contributed by atoms with E-state index in [0.717, 1.165) is 10.5 Å². The van der Waals surface area contributed by atoms with E-state index in [-0.39, 0.29) is 19.2 Å². The van der Waals surface area contributed by atoms with Gasteiger partial charge < -0.3 is 14.2 Å². The molecule has 2 amide bonds. The molecular weight excluding hydrogens is 502 g/mol. The number of benzene rings is 2. The van der Waals surface area contributed by atoms with Crippen molar-refractivity contribution in [3.63, 3.8) is 0 Å². The molecule has 1 heterocycles. The predicted molar refractivity (Wildman–Crippen MR) is 120 cm³/mol. The van der Waals surface area contributed by atoms with Crippen LogP contribution in [0.1, 0.15) is 45.7 Å². The third kappa shape index (κ3) is 6.72. The van der Waals surface area contributed by atoms with Crippen molar-refractivity contribution in [1.29, 1.82) is 0 Å². The normalized spacial score (nSPS) is 13.9. The molecule has 0 spiro atoms. The fourth-order valence-electron chi connectivity index (χ4n) is 3.87. The SMILES string of the molecule is O=C(CN(C(=O)c1cc(C(F)(F)F)cc(C(F)(F)F)c1)C1CC1)N(Cc1ccccc1)Cc1ccco1. The first-order chi connectivity index (χ1) is 17.4. The van der Waals surface area contributed by atoms with E-state index in [1.165, 1.54) is 11.2 Å². The summed E-state index contributed by atoms with van der Waals surface area (Å²) in [4.78, 5) is 29.0. The Hall–Kier alpha value is -3.76. The number of halogens is 6. The monoisotopic (exact) mass is 524 g/mol. The molecule has 1 saturated carbocycles. The Kier molecular flexibility index (Phi) is 7.33. The highest BCUT2D eigenvalue weighted by atomic mass is 19.4. The molecular formula is C26H22F6N2O3. The molecule has 0 N–H and O–H groups in total. The van der Waals surface area contributed by atoms with Crippen molar-refractivity contribution < 1.29 is 40.3 Å². The number of carbonyl (C=O) groups excluding carboxylic acids is 2. The van der Waals surface area contributed by atoms with Crippen LogP contribution in [0.2, 0.25) is 0 Å². The lowest BCUT2D eigenvalue weighted by Crippen LogP contribution is -2.43. The van der Waals surface area contributed by atoms with E-state index in [1.807, 2.05) is 0 Å². The van der Waals surface area contributed by atoms with Crippen LogP contribution in [-0.4, -0.2) is 34.2 Å². The number of alkyl halides is 6. The lowest BCUT2D eigenvalue weighted by molar-refractivity contribution is -0.143. The Morgan fingerprint density at radius 1 is 0.838 bits per heavy atom. The number of furan rings is 1. The van der Waals surface area contributed by atoms with Crippen molar-refractivity contribution in [3.05, 3.63) is 94.9 Å². The third-order valence-electron chi connectivity index (χ3n) is 5.88. The van der Waals surface area contributed by atoms with Crippen molar-refractivity contribution in [2.45, 2.75) is 44.3 Å². The minimum atomic E-state index is -5.09. The Morgan fingerprint density at radius 2 is 1.46 bits per heavy atom. The van der Waals surface area contributed by atoms with Crippen molar-refractivity contribution in [2.24, 2.45) is 0 Å². The molecule has 1 aliphatic rings. The molecule has 0 radical (unpaired) electrons. The van der Waals surface area contributed by atoms with Gasteiger partial charge in [0, 0.05) is 18.2 Å². The first kappa shape index (κ1) is 26.3. The molecule has 0 aliphatic heterocycles. The van der Waals surface area contributed by atoms with Gasteiger partial charge in [-0.3, -0.25) is 9.59 Å². The topological polar surface area (TPSA) is 53.8 Å². The average Bonchev–Trinajstić information content (AvgIpc) is 3.56. The second-order valence-electron chi connectivity index (χ2n) is 8.77. The van der Waals surface area contributed by atoms with E-state index in [4.69, 9.17) is 4.42 Å². The second-order valence-corrected chi connectivity index (χ2v) is 8.77. The number of nitrogens with zero attached hydrogens (tertiary/aromatic N) is 2. The summed E-state index contributed by atoms with van der Waals surface area (Å²) in [6.45, 7) is -0.279. The van der Waals surface area contributed by atoms with Crippen LogP contribution in [0.25, 0.3) is 0 Å². The van der Waals surface area contributed by atoms with Crippen molar-refractivity contribution in [3.8, 4) is 0 Å². The lowest BCUT2D eigenvalue weighted by Gasteiger charge is -2.28. The lowest BCUT2D eigenvalue weighted by atomic mass is 10.0. The molecule has 5 nitrogen and oxygen atoms in total. The quantitative estimate of drug-likeness (QED) is 0.332. The molecule has 0 bridgehead atoms. The first-order valence-corrected chi connectivity index (χ1v) is 11.4. The molecule has 11 heteroatoms. The van der Waals surface area contributed by atoms with Gasteiger partial charge >= 0.3 is 12.4 Å². The summed E-state index contributed by atoms with van der Waals surface area (Å²) < 4.78 is 85.2. The standard InChI is InChI=1S/C26H22F6N2O3/c27-25(28,29)19-11-18(12-20(13-19)26(30,31)32)24(36)34(21-8-9-21)16-23(35)33(15-22-7-4-10-37-22)14-17-5-2-1-3-6-17/h1-7,10-13,21H,8-9,14-16H2. The van der Waals surface area contributed by atoms with Gasteiger partial charge in [0.1, 0.15) is 12.3 Å². The molecule has 0 atom stereocenters. The Bertz CT molecular complexity index is 1200. The summed E-state index contributed by atoms with van der Waals surface area (Å²) in [5.74, 6) is -1.12. The number of carbonyl (C=O) groups is 2. The van der Waals surface area contributed by atoms with Crippen LogP contribution in [-0.2, 0) is 30.2 Å². The average molecular weight is 524 g/mol. The first-order valence-electron chi connectivity index (χ1n) is 11.4. The highest BCUT2D eigenvalue weighted by Crippen LogP contribution is 2.37. The molecule has 1 aromatic heterocycles. The van der Waals surface area contributed by atoms with Crippen LogP contribution in [0.15, 0.2) is 71.3 Å². The summed E-state index contributed by atoms with van der Waals surface area (Å²) in [5.41, 5.74) is -3.16. The number of hydrogen-bond acceptors (Lipinski definition) is 3. The van der Waals surface area contributed by atoms with Crippen LogP contribution < -0.4 is 0 Å². The summed E-state index contributed by atoms with van der Waals surface area (Å²) in [6, 6.07) is 12.6. The third-order valence-corrected chi connectivity index (χ3v) is 5.88. The molecule has 0 unspecified atom stereocenters.